The Balaban J connectivity index is 2.43. The van der Waals surface area contributed by atoms with Crippen LogP contribution in [0.3, 0.4) is 0 Å². The predicted molar refractivity (Wildman–Crippen MR) is 79.9 cm³/mol. The average Bonchev–Trinajstić information content (AvgIpc) is 2.35. The molecule has 1 aliphatic heterocycles. The highest BCUT2D eigenvalue weighted by Crippen LogP contribution is 2.31. The minimum Gasteiger partial charge on any atom is -0.369 e. The molecule has 0 spiro atoms. The SMILES string of the molecule is CC(=O)c1cc([N+](=O)[O-])ccc1N1CC(C)OC(C)(C)C1. The van der Waals surface area contributed by atoms with Crippen LogP contribution in [0, 0.1) is 10.1 Å². The number of hydrogen-bond acceptors (Lipinski definition) is 5. The van der Waals surface area contributed by atoms with Crippen LogP contribution in [0.2, 0.25) is 0 Å². The Hall–Kier alpha value is -1.95. The highest BCUT2D eigenvalue weighted by Gasteiger charge is 2.33. The summed E-state index contributed by atoms with van der Waals surface area (Å²) in [4.78, 5) is 24.3. The van der Waals surface area contributed by atoms with Crippen molar-refractivity contribution in [2.45, 2.75) is 39.4 Å². The van der Waals surface area contributed by atoms with Crippen LogP contribution in [0.25, 0.3) is 0 Å². The van der Waals surface area contributed by atoms with Gasteiger partial charge in [-0.05, 0) is 33.8 Å². The third-order valence-electron chi connectivity index (χ3n) is 3.48. The number of carbonyl (C=O) groups is 1. The molecule has 0 bridgehead atoms. The van der Waals surface area contributed by atoms with Crippen LogP contribution in [0.5, 0.6) is 0 Å². The van der Waals surface area contributed by atoms with Gasteiger partial charge in [-0.25, -0.2) is 0 Å². The quantitative estimate of drug-likeness (QED) is 0.486. The zero-order valence-corrected chi connectivity index (χ0v) is 12.8. The molecule has 1 atom stereocenters. The van der Waals surface area contributed by atoms with Crippen molar-refractivity contribution in [1.82, 2.24) is 0 Å². The molecule has 0 N–H and O–H groups in total. The van der Waals surface area contributed by atoms with Crippen molar-refractivity contribution in [2.24, 2.45) is 0 Å². The summed E-state index contributed by atoms with van der Waals surface area (Å²) < 4.78 is 5.85. The topological polar surface area (TPSA) is 72.7 Å². The Morgan fingerprint density at radius 3 is 2.67 bits per heavy atom. The van der Waals surface area contributed by atoms with E-state index in [0.717, 1.165) is 5.69 Å². The lowest BCUT2D eigenvalue weighted by Gasteiger charge is -2.43. The molecular weight excluding hydrogens is 272 g/mol. The summed E-state index contributed by atoms with van der Waals surface area (Å²) in [6, 6.07) is 4.45. The first-order valence-electron chi connectivity index (χ1n) is 6.92. The van der Waals surface area contributed by atoms with E-state index in [1.54, 1.807) is 6.07 Å². The molecule has 1 aromatic rings. The molecule has 1 aromatic carbocycles. The van der Waals surface area contributed by atoms with Crippen LogP contribution in [-0.4, -0.2) is 35.5 Å². The Labute approximate surface area is 123 Å². The maximum absolute atomic E-state index is 11.8. The number of morpholine rings is 1. The number of nitro groups is 1. The average molecular weight is 292 g/mol. The monoisotopic (exact) mass is 292 g/mol. The Bertz CT molecular complexity index is 583. The van der Waals surface area contributed by atoms with Gasteiger partial charge in [-0.1, -0.05) is 0 Å². The number of Topliss-reactive ketones (excluding diaryl/α,β-unsaturated/α-hetero) is 1. The Morgan fingerprint density at radius 1 is 1.48 bits per heavy atom. The molecule has 6 heteroatoms. The fourth-order valence-electron chi connectivity index (χ4n) is 2.83. The van der Waals surface area contributed by atoms with Gasteiger partial charge in [0.1, 0.15) is 0 Å². The molecular formula is C15H20N2O4. The van der Waals surface area contributed by atoms with E-state index in [1.165, 1.54) is 19.1 Å². The molecule has 2 rings (SSSR count). The molecule has 1 unspecified atom stereocenters. The number of nitro benzene ring substituents is 1. The van der Waals surface area contributed by atoms with Gasteiger partial charge in [0, 0.05) is 36.5 Å². The molecule has 114 valence electrons. The predicted octanol–water partition coefficient (Wildman–Crippen LogP) is 2.80. The van der Waals surface area contributed by atoms with E-state index < -0.39 is 4.92 Å². The molecule has 1 saturated heterocycles. The van der Waals surface area contributed by atoms with E-state index in [1.807, 2.05) is 20.8 Å². The van der Waals surface area contributed by atoms with Gasteiger partial charge in [0.25, 0.3) is 5.69 Å². The Kier molecular flexibility index (Phi) is 4.00. The minimum absolute atomic E-state index is 0.0313. The van der Waals surface area contributed by atoms with Crippen LogP contribution in [0.15, 0.2) is 18.2 Å². The van der Waals surface area contributed by atoms with Crippen LogP contribution in [0.1, 0.15) is 38.1 Å². The number of carbonyl (C=O) groups excluding carboxylic acids is 1. The number of ketones is 1. The molecule has 0 aromatic heterocycles. The lowest BCUT2D eigenvalue weighted by molar-refractivity contribution is -0.384. The van der Waals surface area contributed by atoms with Crippen molar-refractivity contribution >= 4 is 17.2 Å². The largest absolute Gasteiger partial charge is 0.369 e. The number of nitrogens with zero attached hydrogens (tertiary/aromatic N) is 2. The summed E-state index contributed by atoms with van der Waals surface area (Å²) in [6.45, 7) is 8.68. The van der Waals surface area contributed by atoms with Gasteiger partial charge in [0.15, 0.2) is 5.78 Å². The smallest absolute Gasteiger partial charge is 0.270 e. The first kappa shape index (κ1) is 15.4. The van der Waals surface area contributed by atoms with Crippen LogP contribution >= 0.6 is 0 Å². The van der Waals surface area contributed by atoms with Crippen molar-refractivity contribution in [2.75, 3.05) is 18.0 Å². The van der Waals surface area contributed by atoms with Gasteiger partial charge in [0.2, 0.25) is 0 Å². The fourth-order valence-corrected chi connectivity index (χ4v) is 2.83. The van der Waals surface area contributed by atoms with Gasteiger partial charge < -0.3 is 9.64 Å². The number of benzene rings is 1. The van der Waals surface area contributed by atoms with E-state index in [2.05, 4.69) is 4.90 Å². The van der Waals surface area contributed by atoms with Gasteiger partial charge in [-0.15, -0.1) is 0 Å². The second-order valence-electron chi connectivity index (χ2n) is 6.08. The van der Waals surface area contributed by atoms with Gasteiger partial charge in [0.05, 0.1) is 16.6 Å². The van der Waals surface area contributed by atoms with Gasteiger partial charge >= 0.3 is 0 Å². The van der Waals surface area contributed by atoms with Crippen molar-refractivity contribution in [3.63, 3.8) is 0 Å². The molecule has 1 aliphatic rings. The molecule has 0 aliphatic carbocycles. The lowest BCUT2D eigenvalue weighted by Crippen LogP contribution is -2.52. The summed E-state index contributed by atoms with van der Waals surface area (Å²) >= 11 is 0. The molecule has 0 radical (unpaired) electrons. The first-order chi connectivity index (χ1) is 9.69. The zero-order valence-electron chi connectivity index (χ0n) is 12.8. The number of anilines is 1. The number of ether oxygens (including phenoxy) is 1. The zero-order chi connectivity index (χ0) is 15.8. The second kappa shape index (κ2) is 5.44. The Morgan fingerprint density at radius 2 is 2.14 bits per heavy atom. The summed E-state index contributed by atoms with van der Waals surface area (Å²) in [6.07, 6.45) is 0.0313. The molecule has 21 heavy (non-hydrogen) atoms. The number of non-ortho nitro benzene ring substituents is 1. The summed E-state index contributed by atoms with van der Waals surface area (Å²) in [5, 5.41) is 10.9. The van der Waals surface area contributed by atoms with E-state index in [-0.39, 0.29) is 23.2 Å². The van der Waals surface area contributed by atoms with Gasteiger partial charge in [-0.2, -0.15) is 0 Å². The second-order valence-corrected chi connectivity index (χ2v) is 6.08. The highest BCUT2D eigenvalue weighted by atomic mass is 16.6. The van der Waals surface area contributed by atoms with E-state index in [4.69, 9.17) is 4.74 Å². The van der Waals surface area contributed by atoms with Crippen LogP contribution in [-0.2, 0) is 4.74 Å². The maximum Gasteiger partial charge on any atom is 0.270 e. The summed E-state index contributed by atoms with van der Waals surface area (Å²) in [5.74, 6) is -0.175. The van der Waals surface area contributed by atoms with E-state index in [9.17, 15) is 14.9 Å². The summed E-state index contributed by atoms with van der Waals surface area (Å²) in [5.41, 5.74) is 0.725. The van der Waals surface area contributed by atoms with E-state index >= 15 is 0 Å². The minimum atomic E-state index is -0.484. The van der Waals surface area contributed by atoms with Crippen molar-refractivity contribution in [3.8, 4) is 0 Å². The molecule has 6 nitrogen and oxygen atoms in total. The number of hydrogen-bond donors (Lipinski definition) is 0. The lowest BCUT2D eigenvalue weighted by atomic mass is 10.0. The standard InChI is InChI=1S/C15H20N2O4/c1-10-8-16(9-15(3,4)21-10)14-6-5-12(17(19)20)7-13(14)11(2)18/h5-7,10H,8-9H2,1-4H3. The van der Waals surface area contributed by atoms with E-state index in [0.29, 0.717) is 18.7 Å². The first-order valence-corrected chi connectivity index (χ1v) is 6.92. The normalized spacial score (nSPS) is 21.1. The molecule has 1 fully saturated rings. The molecule has 0 saturated carbocycles. The van der Waals surface area contributed by atoms with Gasteiger partial charge in [-0.3, -0.25) is 14.9 Å². The fraction of sp³-hybridized carbons (Fsp3) is 0.533. The number of rotatable bonds is 3. The third-order valence-corrected chi connectivity index (χ3v) is 3.48. The third kappa shape index (κ3) is 3.39. The van der Waals surface area contributed by atoms with Crippen molar-refractivity contribution < 1.29 is 14.5 Å². The summed E-state index contributed by atoms with van der Waals surface area (Å²) in [7, 11) is 0. The van der Waals surface area contributed by atoms with Crippen molar-refractivity contribution in [1.29, 1.82) is 0 Å². The van der Waals surface area contributed by atoms with Crippen LogP contribution in [0.4, 0.5) is 11.4 Å². The highest BCUT2D eigenvalue weighted by molar-refractivity contribution is 6.00. The van der Waals surface area contributed by atoms with Crippen LogP contribution < -0.4 is 4.90 Å². The maximum atomic E-state index is 11.8. The van der Waals surface area contributed by atoms with Crippen molar-refractivity contribution in [3.05, 3.63) is 33.9 Å². The molecule has 0 amide bonds. The molecule has 1 heterocycles.